The predicted molar refractivity (Wildman–Crippen MR) is 109 cm³/mol. The standard InChI is InChI=1S/C21H24N2O4S/c1-14(2)8-9-26-16-7-6-15(11-17(16)25-3)12-22-21(24)19-20(27-13-23-19)18-5-4-10-28-18/h4-7,10-11,13-14H,8-9,12H2,1-3H3,(H,22,24). The summed E-state index contributed by atoms with van der Waals surface area (Å²) in [6.45, 7) is 5.30. The summed E-state index contributed by atoms with van der Waals surface area (Å²) in [5.41, 5.74) is 1.19. The van der Waals surface area contributed by atoms with E-state index in [-0.39, 0.29) is 11.6 Å². The number of hydrogen-bond donors (Lipinski definition) is 1. The molecule has 7 heteroatoms. The number of carbonyl (C=O) groups excluding carboxylic acids is 1. The fourth-order valence-corrected chi connectivity index (χ4v) is 3.32. The zero-order chi connectivity index (χ0) is 19.9. The first-order valence-electron chi connectivity index (χ1n) is 9.13. The summed E-state index contributed by atoms with van der Waals surface area (Å²) in [7, 11) is 1.61. The van der Waals surface area contributed by atoms with Crippen LogP contribution in [0.5, 0.6) is 11.5 Å². The van der Waals surface area contributed by atoms with Crippen molar-refractivity contribution in [1.29, 1.82) is 0 Å². The molecule has 0 saturated heterocycles. The number of oxazole rings is 1. The fourth-order valence-electron chi connectivity index (χ4n) is 2.60. The summed E-state index contributed by atoms with van der Waals surface area (Å²) in [6.07, 6.45) is 2.27. The van der Waals surface area contributed by atoms with Crippen molar-refractivity contribution in [2.24, 2.45) is 5.92 Å². The van der Waals surface area contributed by atoms with Crippen molar-refractivity contribution < 1.29 is 18.7 Å². The number of nitrogens with zero attached hydrogens (tertiary/aromatic N) is 1. The van der Waals surface area contributed by atoms with Crippen molar-refractivity contribution in [2.45, 2.75) is 26.8 Å². The number of benzene rings is 1. The number of nitrogens with one attached hydrogen (secondary N) is 1. The summed E-state index contributed by atoms with van der Waals surface area (Å²) in [5, 5.41) is 4.81. The Balaban J connectivity index is 1.63. The van der Waals surface area contributed by atoms with Gasteiger partial charge in [0, 0.05) is 6.54 Å². The molecule has 2 aromatic heterocycles. The number of methoxy groups -OCH3 is 1. The van der Waals surface area contributed by atoms with E-state index in [1.807, 2.05) is 35.7 Å². The van der Waals surface area contributed by atoms with E-state index in [0.717, 1.165) is 16.9 Å². The third kappa shape index (κ3) is 4.92. The Morgan fingerprint density at radius 2 is 2.14 bits per heavy atom. The van der Waals surface area contributed by atoms with Crippen molar-refractivity contribution in [2.75, 3.05) is 13.7 Å². The smallest absolute Gasteiger partial charge is 0.274 e. The molecule has 0 atom stereocenters. The molecule has 148 valence electrons. The van der Waals surface area contributed by atoms with Crippen LogP contribution in [0.25, 0.3) is 10.6 Å². The second-order valence-electron chi connectivity index (χ2n) is 6.71. The van der Waals surface area contributed by atoms with Crippen LogP contribution >= 0.6 is 11.3 Å². The van der Waals surface area contributed by atoms with Crippen molar-refractivity contribution >= 4 is 17.2 Å². The van der Waals surface area contributed by atoms with Crippen LogP contribution in [0.3, 0.4) is 0 Å². The highest BCUT2D eigenvalue weighted by Crippen LogP contribution is 2.29. The molecule has 1 aromatic carbocycles. The third-order valence-corrected chi connectivity index (χ3v) is 5.03. The van der Waals surface area contributed by atoms with E-state index in [1.54, 1.807) is 7.11 Å². The maximum atomic E-state index is 12.5. The minimum atomic E-state index is -0.284. The second kappa shape index (κ2) is 9.41. The average Bonchev–Trinajstić information content (AvgIpc) is 3.37. The van der Waals surface area contributed by atoms with Crippen molar-refractivity contribution in [3.8, 4) is 22.1 Å². The Morgan fingerprint density at radius 3 is 2.86 bits per heavy atom. The van der Waals surface area contributed by atoms with Gasteiger partial charge in [0.25, 0.3) is 5.91 Å². The zero-order valence-electron chi connectivity index (χ0n) is 16.2. The Morgan fingerprint density at radius 1 is 1.29 bits per heavy atom. The van der Waals surface area contributed by atoms with Crippen LogP contribution in [0.2, 0.25) is 0 Å². The molecule has 0 aliphatic heterocycles. The molecular formula is C21H24N2O4S. The van der Waals surface area contributed by atoms with Gasteiger partial charge in [-0.05, 0) is 41.5 Å². The molecule has 28 heavy (non-hydrogen) atoms. The van der Waals surface area contributed by atoms with Gasteiger partial charge >= 0.3 is 0 Å². The molecule has 0 spiro atoms. The van der Waals surface area contributed by atoms with E-state index < -0.39 is 0 Å². The highest BCUT2D eigenvalue weighted by Gasteiger charge is 2.19. The first-order valence-corrected chi connectivity index (χ1v) is 10.0. The van der Waals surface area contributed by atoms with Gasteiger partial charge in [0.05, 0.1) is 18.6 Å². The second-order valence-corrected chi connectivity index (χ2v) is 7.65. The van der Waals surface area contributed by atoms with Crippen LogP contribution in [0.4, 0.5) is 0 Å². The molecular weight excluding hydrogens is 376 g/mol. The van der Waals surface area contributed by atoms with Crippen LogP contribution in [0.1, 0.15) is 36.3 Å². The Hall–Kier alpha value is -2.80. The number of hydrogen-bond acceptors (Lipinski definition) is 6. The Labute approximate surface area is 168 Å². The molecule has 3 rings (SSSR count). The van der Waals surface area contributed by atoms with Gasteiger partial charge < -0.3 is 19.2 Å². The summed E-state index contributed by atoms with van der Waals surface area (Å²) >= 11 is 1.50. The monoisotopic (exact) mass is 400 g/mol. The SMILES string of the molecule is COc1cc(CNC(=O)c2ncoc2-c2cccs2)ccc1OCCC(C)C. The fraction of sp³-hybridized carbons (Fsp3) is 0.333. The number of thiophene rings is 1. The molecule has 0 fully saturated rings. The van der Waals surface area contributed by atoms with Gasteiger partial charge in [0.15, 0.2) is 29.3 Å². The molecule has 1 amide bonds. The van der Waals surface area contributed by atoms with Crippen LogP contribution in [0, 0.1) is 5.92 Å². The molecule has 6 nitrogen and oxygen atoms in total. The number of carbonyl (C=O) groups is 1. The molecule has 0 radical (unpaired) electrons. The quantitative estimate of drug-likeness (QED) is 0.560. The third-order valence-electron chi connectivity index (χ3n) is 4.16. The summed E-state index contributed by atoms with van der Waals surface area (Å²) in [6, 6.07) is 9.45. The van der Waals surface area contributed by atoms with Gasteiger partial charge in [-0.1, -0.05) is 26.0 Å². The Bertz CT molecular complexity index is 903. The van der Waals surface area contributed by atoms with Crippen molar-refractivity contribution in [3.05, 3.63) is 53.4 Å². The first-order chi connectivity index (χ1) is 13.6. The molecule has 0 saturated carbocycles. The number of aromatic nitrogens is 1. The maximum absolute atomic E-state index is 12.5. The number of ether oxygens (including phenoxy) is 2. The van der Waals surface area contributed by atoms with Gasteiger partial charge in [-0.2, -0.15) is 0 Å². The number of rotatable bonds is 9. The van der Waals surface area contributed by atoms with E-state index in [1.165, 1.54) is 17.7 Å². The van der Waals surface area contributed by atoms with E-state index in [9.17, 15) is 4.79 Å². The van der Waals surface area contributed by atoms with Gasteiger partial charge in [0.1, 0.15) is 0 Å². The van der Waals surface area contributed by atoms with Crippen LogP contribution < -0.4 is 14.8 Å². The summed E-state index contributed by atoms with van der Waals surface area (Å²) < 4.78 is 16.6. The van der Waals surface area contributed by atoms with Gasteiger partial charge in [-0.25, -0.2) is 4.98 Å². The summed E-state index contributed by atoms with van der Waals surface area (Å²) in [5.74, 6) is 2.13. The van der Waals surface area contributed by atoms with Crippen molar-refractivity contribution in [1.82, 2.24) is 10.3 Å². The first kappa shape index (κ1) is 19.9. The average molecular weight is 401 g/mol. The molecule has 0 bridgehead atoms. The molecule has 0 unspecified atom stereocenters. The minimum absolute atomic E-state index is 0.281. The topological polar surface area (TPSA) is 73.6 Å². The van der Waals surface area contributed by atoms with E-state index in [4.69, 9.17) is 13.9 Å². The van der Waals surface area contributed by atoms with Gasteiger partial charge in [-0.15, -0.1) is 11.3 Å². The molecule has 0 aliphatic carbocycles. The van der Waals surface area contributed by atoms with Crippen LogP contribution in [-0.4, -0.2) is 24.6 Å². The lowest BCUT2D eigenvalue weighted by Crippen LogP contribution is -2.23. The molecule has 0 aliphatic rings. The van der Waals surface area contributed by atoms with Gasteiger partial charge in [-0.3, -0.25) is 4.79 Å². The number of amides is 1. The Kier molecular flexibility index (Phi) is 6.71. The van der Waals surface area contributed by atoms with E-state index >= 15 is 0 Å². The molecule has 1 N–H and O–H groups in total. The molecule has 3 aromatic rings. The van der Waals surface area contributed by atoms with Crippen LogP contribution in [-0.2, 0) is 6.54 Å². The molecule has 2 heterocycles. The van der Waals surface area contributed by atoms with E-state index in [2.05, 4.69) is 24.1 Å². The lowest BCUT2D eigenvalue weighted by atomic mass is 10.1. The lowest BCUT2D eigenvalue weighted by Gasteiger charge is -2.13. The van der Waals surface area contributed by atoms with E-state index in [0.29, 0.717) is 36.3 Å². The highest BCUT2D eigenvalue weighted by molar-refractivity contribution is 7.13. The maximum Gasteiger partial charge on any atom is 0.274 e. The highest BCUT2D eigenvalue weighted by atomic mass is 32.1. The summed E-state index contributed by atoms with van der Waals surface area (Å²) in [4.78, 5) is 17.5. The lowest BCUT2D eigenvalue weighted by molar-refractivity contribution is 0.0946. The van der Waals surface area contributed by atoms with Crippen LogP contribution in [0.15, 0.2) is 46.5 Å². The van der Waals surface area contributed by atoms with Crippen molar-refractivity contribution in [3.63, 3.8) is 0 Å². The predicted octanol–water partition coefficient (Wildman–Crippen LogP) is 4.77. The minimum Gasteiger partial charge on any atom is -0.493 e. The largest absolute Gasteiger partial charge is 0.493 e. The normalized spacial score (nSPS) is 10.9. The zero-order valence-corrected chi connectivity index (χ0v) is 17.0. The van der Waals surface area contributed by atoms with Gasteiger partial charge in [0.2, 0.25) is 0 Å².